The van der Waals surface area contributed by atoms with Crippen LogP contribution in [0.5, 0.6) is 0 Å². The van der Waals surface area contributed by atoms with Gasteiger partial charge in [0.15, 0.2) is 5.13 Å². The van der Waals surface area contributed by atoms with E-state index in [-0.39, 0.29) is 0 Å². The zero-order chi connectivity index (χ0) is 15.6. The number of carbonyl (C=O) groups is 1. The zero-order valence-corrected chi connectivity index (χ0v) is 14.1. The van der Waals surface area contributed by atoms with Crippen LogP contribution in [0.25, 0.3) is 0 Å². The maximum absolute atomic E-state index is 11.3. The van der Waals surface area contributed by atoms with E-state index < -0.39 is 11.4 Å². The van der Waals surface area contributed by atoms with Gasteiger partial charge in [0.05, 0.1) is 5.69 Å². The fourth-order valence-corrected chi connectivity index (χ4v) is 3.52. The summed E-state index contributed by atoms with van der Waals surface area (Å²) in [6.07, 6.45) is 2.44. The molecule has 0 atom stereocenters. The number of hydrogen-bond acceptors (Lipinski definition) is 5. The number of carboxylic acid groups (broad SMARTS) is 1. The predicted octanol–water partition coefficient (Wildman–Crippen LogP) is 2.28. The summed E-state index contributed by atoms with van der Waals surface area (Å²) >= 11 is 1.53. The Balaban J connectivity index is 1.99. The van der Waals surface area contributed by atoms with E-state index in [0.29, 0.717) is 11.6 Å². The second-order valence-corrected chi connectivity index (χ2v) is 7.41. The lowest BCUT2D eigenvalue weighted by molar-refractivity contribution is -0.142. The van der Waals surface area contributed by atoms with E-state index in [1.54, 1.807) is 13.8 Å². The molecule has 0 radical (unpaired) electrons. The normalized spacial score (nSPS) is 17.9. The summed E-state index contributed by atoms with van der Waals surface area (Å²) in [4.78, 5) is 20.4. The molecule has 1 aromatic rings. The first-order chi connectivity index (χ1) is 9.80. The number of rotatable bonds is 5. The number of anilines is 1. The Labute approximate surface area is 130 Å². The van der Waals surface area contributed by atoms with Crippen molar-refractivity contribution in [1.82, 2.24) is 9.88 Å². The monoisotopic (exact) mass is 311 g/mol. The summed E-state index contributed by atoms with van der Waals surface area (Å²) in [6.45, 7) is 6.71. The Morgan fingerprint density at radius 2 is 2.14 bits per heavy atom. The SMILES string of the molecule is CN1CCC(CN(C)c2nc(C(C)(C)C(=O)O)cs2)CC1. The maximum Gasteiger partial charge on any atom is 0.315 e. The first-order valence-electron chi connectivity index (χ1n) is 7.39. The average Bonchev–Trinajstić information content (AvgIpc) is 2.91. The lowest BCUT2D eigenvalue weighted by Gasteiger charge is -2.31. The highest BCUT2D eigenvalue weighted by molar-refractivity contribution is 7.13. The van der Waals surface area contributed by atoms with Crippen molar-refractivity contribution in [1.29, 1.82) is 0 Å². The lowest BCUT2D eigenvalue weighted by atomic mass is 9.90. The Morgan fingerprint density at radius 3 is 2.71 bits per heavy atom. The van der Waals surface area contributed by atoms with Crippen LogP contribution in [0, 0.1) is 5.92 Å². The van der Waals surface area contributed by atoms with Crippen LogP contribution in [0.15, 0.2) is 5.38 Å². The number of piperidine rings is 1. The molecule has 5 nitrogen and oxygen atoms in total. The summed E-state index contributed by atoms with van der Waals surface area (Å²) in [7, 11) is 4.22. The molecule has 1 aliphatic heterocycles. The highest BCUT2D eigenvalue weighted by Crippen LogP contribution is 2.29. The van der Waals surface area contributed by atoms with Crippen LogP contribution in [0.1, 0.15) is 32.4 Å². The standard InChI is InChI=1S/C15H25N3O2S/c1-15(2,13(19)20)12-10-21-14(16-12)18(4)9-11-5-7-17(3)8-6-11/h10-11H,5-9H2,1-4H3,(H,19,20). The van der Waals surface area contributed by atoms with E-state index in [2.05, 4.69) is 28.9 Å². The van der Waals surface area contributed by atoms with Crippen molar-refractivity contribution in [3.63, 3.8) is 0 Å². The van der Waals surface area contributed by atoms with Gasteiger partial charge in [-0.1, -0.05) is 0 Å². The van der Waals surface area contributed by atoms with Crippen LogP contribution in [-0.4, -0.2) is 54.7 Å². The number of nitrogens with zero attached hydrogens (tertiary/aromatic N) is 3. The fraction of sp³-hybridized carbons (Fsp3) is 0.733. The third kappa shape index (κ3) is 3.74. The van der Waals surface area contributed by atoms with E-state index in [1.807, 2.05) is 5.38 Å². The quantitative estimate of drug-likeness (QED) is 0.904. The van der Waals surface area contributed by atoms with Crippen LogP contribution >= 0.6 is 11.3 Å². The van der Waals surface area contributed by atoms with Gasteiger partial charge >= 0.3 is 5.97 Å². The number of hydrogen-bond donors (Lipinski definition) is 1. The van der Waals surface area contributed by atoms with Crippen molar-refractivity contribution in [2.24, 2.45) is 5.92 Å². The van der Waals surface area contributed by atoms with Gasteiger partial charge in [0.1, 0.15) is 5.41 Å². The molecule has 118 valence electrons. The van der Waals surface area contributed by atoms with E-state index in [9.17, 15) is 9.90 Å². The van der Waals surface area contributed by atoms with Crippen LogP contribution in [-0.2, 0) is 10.2 Å². The first-order valence-corrected chi connectivity index (χ1v) is 8.27. The number of carboxylic acids is 1. The topological polar surface area (TPSA) is 56.7 Å². The van der Waals surface area contributed by atoms with Gasteiger partial charge in [-0.25, -0.2) is 4.98 Å². The molecule has 1 saturated heterocycles. The van der Waals surface area contributed by atoms with Gasteiger partial charge in [-0.05, 0) is 52.7 Å². The van der Waals surface area contributed by atoms with Crippen molar-refractivity contribution in [2.45, 2.75) is 32.1 Å². The van der Waals surface area contributed by atoms with E-state index in [1.165, 1.54) is 24.2 Å². The van der Waals surface area contributed by atoms with Crippen LogP contribution in [0.4, 0.5) is 5.13 Å². The summed E-state index contributed by atoms with van der Waals surface area (Å²) in [6, 6.07) is 0. The van der Waals surface area contributed by atoms with Crippen molar-refractivity contribution >= 4 is 22.4 Å². The number of likely N-dealkylation sites (tertiary alicyclic amines) is 1. The number of aliphatic carboxylic acids is 1. The zero-order valence-electron chi connectivity index (χ0n) is 13.3. The highest BCUT2D eigenvalue weighted by atomic mass is 32.1. The first kappa shape index (κ1) is 16.2. The van der Waals surface area contributed by atoms with Gasteiger partial charge in [-0.2, -0.15) is 0 Å². The third-order valence-corrected chi connectivity index (χ3v) is 5.32. The third-order valence-electron chi connectivity index (χ3n) is 4.36. The smallest absolute Gasteiger partial charge is 0.315 e. The van der Waals surface area contributed by atoms with Gasteiger partial charge in [0.2, 0.25) is 0 Å². The molecule has 0 saturated carbocycles. The molecule has 0 aromatic carbocycles. The van der Waals surface area contributed by atoms with Crippen LogP contribution in [0.3, 0.4) is 0 Å². The van der Waals surface area contributed by atoms with Gasteiger partial charge in [-0.3, -0.25) is 4.79 Å². The molecule has 2 rings (SSSR count). The van der Waals surface area contributed by atoms with Gasteiger partial charge < -0.3 is 14.9 Å². The van der Waals surface area contributed by atoms with Crippen LogP contribution in [0.2, 0.25) is 0 Å². The minimum absolute atomic E-state index is 0.644. The highest BCUT2D eigenvalue weighted by Gasteiger charge is 2.32. The second-order valence-electron chi connectivity index (χ2n) is 6.57. The minimum atomic E-state index is -0.927. The molecule has 21 heavy (non-hydrogen) atoms. The van der Waals surface area contributed by atoms with E-state index >= 15 is 0 Å². The summed E-state index contributed by atoms with van der Waals surface area (Å²) < 4.78 is 0. The maximum atomic E-state index is 11.3. The Kier molecular flexibility index (Phi) is 4.88. The molecule has 1 N–H and O–H groups in total. The fourth-order valence-electron chi connectivity index (χ4n) is 2.55. The lowest BCUT2D eigenvalue weighted by Crippen LogP contribution is -2.35. The molecule has 0 spiro atoms. The summed E-state index contributed by atoms with van der Waals surface area (Å²) in [5.74, 6) is -0.136. The Hall–Kier alpha value is -1.14. The minimum Gasteiger partial charge on any atom is -0.481 e. The van der Waals surface area contributed by atoms with Crippen molar-refractivity contribution in [3.8, 4) is 0 Å². The van der Waals surface area contributed by atoms with Crippen molar-refractivity contribution in [3.05, 3.63) is 11.1 Å². The molecule has 1 aliphatic rings. The van der Waals surface area contributed by atoms with Gasteiger partial charge in [0.25, 0.3) is 0 Å². The molecular weight excluding hydrogens is 286 g/mol. The summed E-state index contributed by atoms with van der Waals surface area (Å²) in [5, 5.41) is 12.1. The molecule has 1 fully saturated rings. The predicted molar refractivity (Wildman–Crippen MR) is 86.3 cm³/mol. The number of thiazole rings is 1. The molecule has 0 bridgehead atoms. The molecule has 0 aliphatic carbocycles. The molecule has 0 unspecified atom stereocenters. The van der Waals surface area contributed by atoms with Crippen molar-refractivity contribution in [2.75, 3.05) is 38.6 Å². The molecule has 1 aromatic heterocycles. The summed E-state index contributed by atoms with van der Waals surface area (Å²) in [5.41, 5.74) is -0.284. The Morgan fingerprint density at radius 1 is 1.52 bits per heavy atom. The van der Waals surface area contributed by atoms with E-state index in [0.717, 1.165) is 24.8 Å². The second kappa shape index (κ2) is 6.32. The van der Waals surface area contributed by atoms with Crippen molar-refractivity contribution < 1.29 is 9.90 Å². The molecular formula is C15H25N3O2S. The van der Waals surface area contributed by atoms with Gasteiger partial charge in [-0.15, -0.1) is 11.3 Å². The molecule has 0 amide bonds. The molecule has 6 heteroatoms. The van der Waals surface area contributed by atoms with Crippen LogP contribution < -0.4 is 4.90 Å². The Bertz CT molecular complexity index is 493. The largest absolute Gasteiger partial charge is 0.481 e. The number of aromatic nitrogens is 1. The van der Waals surface area contributed by atoms with Gasteiger partial charge in [0, 0.05) is 19.0 Å². The molecule has 2 heterocycles. The average molecular weight is 311 g/mol. The van der Waals surface area contributed by atoms with E-state index in [4.69, 9.17) is 0 Å².